The summed E-state index contributed by atoms with van der Waals surface area (Å²) in [5.74, 6) is 0.472. The Morgan fingerprint density at radius 2 is 2.29 bits per heavy atom. The molecule has 0 bridgehead atoms. The molecule has 1 rings (SSSR count). The van der Waals surface area contributed by atoms with Gasteiger partial charge in [0, 0.05) is 1.43 Å². The minimum absolute atomic E-state index is 0. The van der Waals surface area contributed by atoms with Gasteiger partial charge in [0.05, 0.1) is 7.11 Å². The van der Waals surface area contributed by atoms with Crippen LogP contribution in [0.25, 0.3) is 6.08 Å². The number of ketones is 1. The molecule has 0 fully saturated rings. The number of benzene rings is 1. The van der Waals surface area contributed by atoms with Crippen LogP contribution in [0.1, 0.15) is 13.9 Å². The molecule has 14 heavy (non-hydrogen) atoms. The Bertz CT molecular complexity index is 372. The number of hydrogen-bond donors (Lipinski definition) is 1. The first-order valence-corrected chi connectivity index (χ1v) is 4.19. The van der Waals surface area contributed by atoms with E-state index in [0.717, 1.165) is 5.56 Å². The van der Waals surface area contributed by atoms with Gasteiger partial charge in [-0.25, -0.2) is 0 Å². The van der Waals surface area contributed by atoms with E-state index in [1.54, 1.807) is 18.2 Å². The monoisotopic (exact) mass is 194 g/mol. The summed E-state index contributed by atoms with van der Waals surface area (Å²) in [6.45, 7) is 1.48. The first-order chi connectivity index (χ1) is 6.63. The smallest absolute Gasteiger partial charge is 0.161 e. The lowest BCUT2D eigenvalue weighted by molar-refractivity contribution is -0.112. The lowest BCUT2D eigenvalue weighted by atomic mass is 10.2. The van der Waals surface area contributed by atoms with Crippen molar-refractivity contribution in [3.8, 4) is 11.5 Å². The van der Waals surface area contributed by atoms with Crippen LogP contribution in [-0.2, 0) is 4.79 Å². The second-order valence-electron chi connectivity index (χ2n) is 2.88. The van der Waals surface area contributed by atoms with Crippen molar-refractivity contribution in [1.82, 2.24) is 0 Å². The zero-order valence-electron chi connectivity index (χ0n) is 8.15. The Hall–Kier alpha value is -1.77. The fraction of sp³-hybridized carbons (Fsp3) is 0.182. The zero-order valence-corrected chi connectivity index (χ0v) is 8.15. The minimum atomic E-state index is -0.0166. The maximum absolute atomic E-state index is 10.7. The van der Waals surface area contributed by atoms with Crippen molar-refractivity contribution in [2.75, 3.05) is 7.11 Å². The number of rotatable bonds is 3. The van der Waals surface area contributed by atoms with E-state index >= 15 is 0 Å². The number of allylic oxidation sites excluding steroid dienone is 1. The fourth-order valence-corrected chi connectivity index (χ4v) is 1.01. The van der Waals surface area contributed by atoms with Crippen molar-refractivity contribution in [3.63, 3.8) is 0 Å². The lowest BCUT2D eigenvalue weighted by Crippen LogP contribution is -1.85. The molecule has 3 heteroatoms. The molecule has 0 unspecified atom stereocenters. The molecule has 0 amide bonds. The number of carbonyl (C=O) groups excluding carboxylic acids is 1. The van der Waals surface area contributed by atoms with Crippen LogP contribution in [0.15, 0.2) is 24.3 Å². The predicted octanol–water partition coefficient (Wildman–Crippen LogP) is 2.25. The van der Waals surface area contributed by atoms with Crippen molar-refractivity contribution < 1.29 is 16.1 Å². The molecule has 1 aromatic rings. The quantitative estimate of drug-likeness (QED) is 0.750. The van der Waals surface area contributed by atoms with Crippen LogP contribution < -0.4 is 4.74 Å². The Labute approximate surface area is 84.1 Å². The molecular weight excluding hydrogens is 180 g/mol. The molecule has 0 aliphatic heterocycles. The number of methoxy groups -OCH3 is 1. The van der Waals surface area contributed by atoms with Gasteiger partial charge in [0.15, 0.2) is 17.3 Å². The van der Waals surface area contributed by atoms with Gasteiger partial charge in [0.25, 0.3) is 0 Å². The molecule has 1 aromatic carbocycles. The summed E-state index contributed by atoms with van der Waals surface area (Å²) in [4.78, 5) is 10.7. The zero-order chi connectivity index (χ0) is 10.6. The highest BCUT2D eigenvalue weighted by Crippen LogP contribution is 2.26. The van der Waals surface area contributed by atoms with Crippen molar-refractivity contribution in [3.05, 3.63) is 29.8 Å². The number of carbonyl (C=O) groups is 1. The average molecular weight is 194 g/mol. The normalized spacial score (nSPS) is 10.4. The summed E-state index contributed by atoms with van der Waals surface area (Å²) >= 11 is 0. The Balaban J connectivity index is 0.00000196. The number of aromatic hydroxyl groups is 1. The second kappa shape index (κ2) is 4.46. The van der Waals surface area contributed by atoms with Gasteiger partial charge in [0.2, 0.25) is 0 Å². The Morgan fingerprint density at radius 1 is 1.57 bits per heavy atom. The van der Waals surface area contributed by atoms with E-state index < -0.39 is 0 Å². The van der Waals surface area contributed by atoms with E-state index in [1.165, 1.54) is 26.2 Å². The highest BCUT2D eigenvalue weighted by Gasteiger charge is 2.00. The van der Waals surface area contributed by atoms with E-state index in [2.05, 4.69) is 0 Å². The molecule has 0 saturated heterocycles. The first-order valence-electron chi connectivity index (χ1n) is 4.19. The maximum atomic E-state index is 10.7. The highest BCUT2D eigenvalue weighted by molar-refractivity contribution is 5.91. The minimum Gasteiger partial charge on any atom is -0.504 e. The summed E-state index contributed by atoms with van der Waals surface area (Å²) < 4.78 is 4.92. The molecular formula is C11H14O3. The largest absolute Gasteiger partial charge is 0.504 e. The number of hydrogen-bond acceptors (Lipinski definition) is 3. The summed E-state index contributed by atoms with van der Waals surface area (Å²) in [7, 11) is 1.48. The molecule has 0 aliphatic rings. The van der Waals surface area contributed by atoms with Crippen molar-refractivity contribution in [2.24, 2.45) is 0 Å². The molecule has 0 radical (unpaired) electrons. The van der Waals surface area contributed by atoms with Gasteiger partial charge in [-0.3, -0.25) is 4.79 Å². The van der Waals surface area contributed by atoms with Gasteiger partial charge in [-0.1, -0.05) is 12.1 Å². The molecule has 76 valence electrons. The van der Waals surface area contributed by atoms with Gasteiger partial charge in [-0.05, 0) is 30.7 Å². The van der Waals surface area contributed by atoms with Crippen molar-refractivity contribution in [1.29, 1.82) is 0 Å². The van der Waals surface area contributed by atoms with Crippen LogP contribution in [0, 0.1) is 0 Å². The summed E-state index contributed by atoms with van der Waals surface area (Å²) in [5.41, 5.74) is 0.815. The standard InChI is InChI=1S/C11H12O3.H2/c1-8(12)3-4-9-5-6-10(13)11(7-9)14-2;/h3-7,13H,1-2H3;1H. The van der Waals surface area contributed by atoms with Gasteiger partial charge in [0.1, 0.15) is 0 Å². The van der Waals surface area contributed by atoms with Crippen molar-refractivity contribution in [2.45, 2.75) is 6.92 Å². The third kappa shape index (κ3) is 2.62. The van der Waals surface area contributed by atoms with Crippen LogP contribution in [0.4, 0.5) is 0 Å². The van der Waals surface area contributed by atoms with Crippen LogP contribution in [-0.4, -0.2) is 18.0 Å². The SMILES string of the molecule is COc1cc(C=CC(C)=O)ccc1O.[HH]. The molecule has 0 spiro atoms. The van der Waals surface area contributed by atoms with E-state index in [4.69, 9.17) is 4.74 Å². The molecule has 0 heterocycles. The summed E-state index contributed by atoms with van der Waals surface area (Å²) in [6, 6.07) is 4.89. The van der Waals surface area contributed by atoms with E-state index in [9.17, 15) is 9.90 Å². The van der Waals surface area contributed by atoms with Crippen LogP contribution in [0.2, 0.25) is 0 Å². The molecule has 0 saturated carbocycles. The van der Waals surface area contributed by atoms with Gasteiger partial charge >= 0.3 is 0 Å². The van der Waals surface area contributed by atoms with Crippen molar-refractivity contribution >= 4 is 11.9 Å². The molecule has 0 atom stereocenters. The third-order valence-corrected chi connectivity index (χ3v) is 1.71. The first kappa shape index (κ1) is 10.3. The molecule has 0 aliphatic carbocycles. The van der Waals surface area contributed by atoms with Crippen LogP contribution >= 0.6 is 0 Å². The van der Waals surface area contributed by atoms with Crippen LogP contribution in [0.5, 0.6) is 11.5 Å². The van der Waals surface area contributed by atoms with Gasteiger partial charge in [-0.15, -0.1) is 0 Å². The lowest BCUT2D eigenvalue weighted by Gasteiger charge is -2.03. The average Bonchev–Trinajstić information content (AvgIpc) is 2.16. The van der Waals surface area contributed by atoms with Crippen LogP contribution in [0.3, 0.4) is 0 Å². The van der Waals surface area contributed by atoms with Gasteiger partial charge in [-0.2, -0.15) is 0 Å². The second-order valence-corrected chi connectivity index (χ2v) is 2.88. The van der Waals surface area contributed by atoms with E-state index in [-0.39, 0.29) is 13.0 Å². The highest BCUT2D eigenvalue weighted by atomic mass is 16.5. The Kier molecular flexibility index (Phi) is 3.29. The summed E-state index contributed by atoms with van der Waals surface area (Å²) in [5, 5.41) is 9.30. The number of phenolic OH excluding ortho intramolecular Hbond substituents is 1. The fourth-order valence-electron chi connectivity index (χ4n) is 1.01. The predicted molar refractivity (Wildman–Crippen MR) is 56.5 cm³/mol. The molecule has 0 aromatic heterocycles. The maximum Gasteiger partial charge on any atom is 0.161 e. The van der Waals surface area contributed by atoms with Gasteiger partial charge < -0.3 is 9.84 Å². The topological polar surface area (TPSA) is 46.5 Å². The molecule has 1 N–H and O–H groups in total. The number of ether oxygens (including phenoxy) is 1. The number of phenols is 1. The van der Waals surface area contributed by atoms with E-state index in [0.29, 0.717) is 5.75 Å². The third-order valence-electron chi connectivity index (χ3n) is 1.71. The summed E-state index contributed by atoms with van der Waals surface area (Å²) in [6.07, 6.45) is 3.14. The Morgan fingerprint density at radius 3 is 2.86 bits per heavy atom. The van der Waals surface area contributed by atoms with E-state index in [1.807, 2.05) is 0 Å². The molecule has 3 nitrogen and oxygen atoms in total.